The maximum Gasteiger partial charge on any atom is 0 e. The molecule has 0 aromatic rings. The fourth-order valence-electron chi connectivity index (χ4n) is 0. The van der Waals surface area contributed by atoms with Crippen LogP contribution in [-0.2, 0) is 63.3 Å². The van der Waals surface area contributed by atoms with Gasteiger partial charge in [-0.25, -0.2) is 0 Å². The van der Waals surface area contributed by atoms with Crippen molar-refractivity contribution in [2.45, 2.75) is 0 Å². The van der Waals surface area contributed by atoms with Crippen molar-refractivity contribution in [1.82, 2.24) is 0 Å². The number of hydrogen-bond donors (Lipinski definition) is 0. The molecule has 1 unspecified atom stereocenters. The van der Waals surface area contributed by atoms with Gasteiger partial charge in [-0.1, -0.05) is 0 Å². The van der Waals surface area contributed by atoms with Crippen LogP contribution in [0.3, 0.4) is 0 Å². The van der Waals surface area contributed by atoms with Crippen molar-refractivity contribution in [2.75, 3.05) is 0 Å². The maximum atomic E-state index is 8.25. The Labute approximate surface area is 72.5 Å². The van der Waals surface area contributed by atoms with Crippen LogP contribution in [0.1, 0.15) is 0 Å². The van der Waals surface area contributed by atoms with Crippen molar-refractivity contribution in [3.05, 3.63) is 0 Å². The van der Waals surface area contributed by atoms with E-state index in [-0.39, 0.29) is 49.5 Å². The molecule has 29 valence electrons. The summed E-state index contributed by atoms with van der Waals surface area (Å²) in [5, 5.41) is 0. The summed E-state index contributed by atoms with van der Waals surface area (Å²) in [6, 6.07) is 0. The van der Waals surface area contributed by atoms with E-state index in [9.17, 15) is 0 Å². The topological polar surface area (TPSA) is 17.1 Å². The smallest absolute Gasteiger partial charge is 0 e. The summed E-state index contributed by atoms with van der Waals surface area (Å²) in [6.07, 6.45) is 0. The van der Waals surface area contributed by atoms with E-state index in [4.69, 9.17) is 3.32 Å². The Kier molecular flexibility index (Phi) is 186. The Morgan fingerprint density at radius 1 is 1.20 bits per heavy atom. The molecule has 0 spiro atoms. The first-order chi connectivity index (χ1) is 1.00. The average Bonchev–Trinajstić information content (AvgIpc) is 1.00. The van der Waals surface area contributed by atoms with Crippen molar-refractivity contribution in [3.8, 4) is 0 Å². The molecule has 0 bridgehead atoms. The van der Waals surface area contributed by atoms with Crippen LogP contribution in [0.25, 0.3) is 0 Å². The first-order valence-corrected chi connectivity index (χ1v) is 0.842. The third kappa shape index (κ3) is 22.5. The van der Waals surface area contributed by atoms with Gasteiger partial charge in [-0.15, -0.1) is 0 Å². The van der Waals surface area contributed by atoms with Crippen LogP contribution in [0.4, 0.5) is 0 Å². The minimum absolute atomic E-state index is 0. The van der Waals surface area contributed by atoms with Gasteiger partial charge in [-0.2, -0.15) is 9.90 Å². The minimum atomic E-state index is 0. The van der Waals surface area contributed by atoms with Crippen LogP contribution in [-0.4, -0.2) is 0 Å². The summed E-state index contributed by atoms with van der Waals surface area (Å²) in [5.41, 5.74) is 0. The molecule has 0 saturated heterocycles. The molecular weight excluding hydrogens is 242 g/mol. The van der Waals surface area contributed by atoms with E-state index in [1.165, 1.54) is 0 Å². The largest absolute Gasteiger partial charge is 0 e. The second kappa shape index (κ2) is 34.4. The van der Waals surface area contributed by atoms with Crippen molar-refractivity contribution < 1.29 is 63.3 Å². The number of rotatable bonds is 0. The van der Waals surface area contributed by atoms with Gasteiger partial charge in [0.05, 0.1) is 0 Å². The van der Waals surface area contributed by atoms with Crippen LogP contribution in [0.2, 0.25) is 0 Å². The van der Waals surface area contributed by atoms with Gasteiger partial charge in [-0.05, 0) is 0 Å². The minimum Gasteiger partial charge on any atom is 0 e. The van der Waals surface area contributed by atoms with Gasteiger partial charge in [0.1, 0.15) is 0 Å². The van der Waals surface area contributed by atoms with Crippen LogP contribution in [0.5, 0.6) is 0 Å². The Bertz CT molecular complexity index is 11.6. The van der Waals surface area contributed by atoms with Crippen LogP contribution in [0.15, 0.2) is 0 Å². The summed E-state index contributed by atoms with van der Waals surface area (Å²) in [4.78, 5) is 0. The van der Waals surface area contributed by atoms with Gasteiger partial charge < -0.3 is 0 Å². The standard InChI is InChI=1S/Mo.O.H3P.Ti.V/h;;1H3;;. The molecule has 0 rings (SSSR count). The van der Waals surface area contributed by atoms with Gasteiger partial charge >= 0.3 is 23.7 Å². The molecule has 0 saturated carbocycles. The van der Waals surface area contributed by atoms with Crippen molar-refractivity contribution in [3.63, 3.8) is 0 Å². The molecule has 0 heterocycles. The van der Waals surface area contributed by atoms with Gasteiger partial charge in [-0.3, -0.25) is 0 Å². The zero-order chi connectivity index (χ0) is 2.00. The molecule has 0 aromatic carbocycles. The third-order valence-corrected chi connectivity index (χ3v) is 0. The summed E-state index contributed by atoms with van der Waals surface area (Å²) in [5.74, 6) is 0. The van der Waals surface area contributed by atoms with Crippen LogP contribution < -0.4 is 0 Å². The molecule has 0 aliphatic rings. The van der Waals surface area contributed by atoms with E-state index in [0.29, 0.717) is 0 Å². The molecule has 5 heavy (non-hydrogen) atoms. The van der Waals surface area contributed by atoms with Crippen LogP contribution >= 0.6 is 9.90 Å². The predicted octanol–water partition coefficient (Wildman–Crippen LogP) is -0.0682. The van der Waals surface area contributed by atoms with E-state index in [1.807, 2.05) is 0 Å². The van der Waals surface area contributed by atoms with E-state index in [2.05, 4.69) is 0 Å². The number of hydrogen-bond acceptors (Lipinski definition) is 1. The fourth-order valence-corrected chi connectivity index (χ4v) is 0. The van der Waals surface area contributed by atoms with Crippen molar-refractivity contribution >= 4 is 9.90 Å². The Hall–Kier alpha value is 2.22. The molecular formula is H3MoOPTiV. The molecule has 1 radical (unpaired) electrons. The summed E-state index contributed by atoms with van der Waals surface area (Å²) < 4.78 is 8.25. The summed E-state index contributed by atoms with van der Waals surface area (Å²) in [6.45, 7) is 0. The van der Waals surface area contributed by atoms with E-state index in [0.717, 1.165) is 20.4 Å². The second-order valence-electron chi connectivity index (χ2n) is 0. The maximum absolute atomic E-state index is 8.25. The first kappa shape index (κ1) is 27.0. The molecule has 0 aromatic heterocycles. The Morgan fingerprint density at radius 3 is 1.20 bits per heavy atom. The SMILES string of the molecule is P.[Mo].[O]=[Ti].[V]. The quantitative estimate of drug-likeness (QED) is 0.431. The molecule has 0 amide bonds. The van der Waals surface area contributed by atoms with Crippen LogP contribution in [0, 0.1) is 0 Å². The molecule has 0 aliphatic heterocycles. The Balaban J connectivity index is -0.00000000167. The monoisotopic (exact) mass is 247 g/mol. The fraction of sp³-hybridized carbons (Fsp3) is 0. The molecule has 0 fully saturated rings. The zero-order valence-electron chi connectivity index (χ0n) is 2.47. The second-order valence-corrected chi connectivity index (χ2v) is 0. The van der Waals surface area contributed by atoms with E-state index < -0.39 is 0 Å². The van der Waals surface area contributed by atoms with E-state index in [1.54, 1.807) is 0 Å². The zero-order valence-corrected chi connectivity index (χ0v) is 8.85. The summed E-state index contributed by atoms with van der Waals surface area (Å²) in [7, 11) is 0. The van der Waals surface area contributed by atoms with E-state index >= 15 is 0 Å². The van der Waals surface area contributed by atoms with Crippen molar-refractivity contribution in [1.29, 1.82) is 0 Å². The molecule has 1 atom stereocenters. The Morgan fingerprint density at radius 2 is 1.20 bits per heavy atom. The van der Waals surface area contributed by atoms with Gasteiger partial charge in [0, 0.05) is 39.6 Å². The molecule has 0 N–H and O–H groups in total. The predicted molar refractivity (Wildman–Crippen MR) is 11.8 cm³/mol. The third-order valence-electron chi connectivity index (χ3n) is 0. The normalized spacial score (nSPS) is 0.600. The van der Waals surface area contributed by atoms with Gasteiger partial charge in [0.15, 0.2) is 0 Å². The van der Waals surface area contributed by atoms with Gasteiger partial charge in [0.25, 0.3) is 0 Å². The average molecular weight is 245 g/mol. The van der Waals surface area contributed by atoms with Crippen molar-refractivity contribution in [2.24, 2.45) is 0 Å². The summed E-state index contributed by atoms with van der Waals surface area (Å²) >= 11 is 0.750. The first-order valence-electron chi connectivity index (χ1n) is 0.204. The molecule has 0 aliphatic carbocycles. The molecule has 5 heteroatoms. The molecule has 1 nitrogen and oxygen atoms in total. The van der Waals surface area contributed by atoms with Gasteiger partial charge in [0.2, 0.25) is 0 Å².